The third kappa shape index (κ3) is 2.58. The molecule has 1 heterocycles. The number of rotatable bonds is 3. The third-order valence-corrected chi connectivity index (χ3v) is 5.82. The summed E-state index contributed by atoms with van der Waals surface area (Å²) in [5.74, 6) is 0.387. The number of hydrogen-bond acceptors (Lipinski definition) is 5. The molecule has 3 atom stereocenters. The van der Waals surface area contributed by atoms with E-state index in [1.54, 1.807) is 0 Å². The van der Waals surface area contributed by atoms with Gasteiger partial charge in [-0.3, -0.25) is 4.79 Å². The van der Waals surface area contributed by atoms with Crippen LogP contribution < -0.4 is 10.9 Å². The summed E-state index contributed by atoms with van der Waals surface area (Å²) in [6, 6.07) is -0.221. The molecule has 5 heteroatoms. The van der Waals surface area contributed by atoms with E-state index in [1.165, 1.54) is 25.7 Å². The van der Waals surface area contributed by atoms with E-state index in [0.717, 1.165) is 25.7 Å². The van der Waals surface area contributed by atoms with Gasteiger partial charge in [0.25, 0.3) is 0 Å². The molecule has 2 saturated carbocycles. The predicted molar refractivity (Wildman–Crippen MR) is 83.0 cm³/mol. The number of carbonyl (C=O) groups excluding carboxylic acids is 2. The fourth-order valence-electron chi connectivity index (χ4n) is 4.76. The molecule has 0 amide bonds. The van der Waals surface area contributed by atoms with Crippen molar-refractivity contribution >= 4 is 11.8 Å². The van der Waals surface area contributed by atoms with Gasteiger partial charge in [-0.2, -0.15) is 0 Å². The molecule has 0 spiro atoms. The lowest BCUT2D eigenvalue weighted by Crippen LogP contribution is -2.60. The number of carbonyl (C=O) groups is 2. The van der Waals surface area contributed by atoms with Crippen molar-refractivity contribution in [2.75, 3.05) is 6.61 Å². The fraction of sp³-hybridized carbons (Fsp3) is 0.882. The Bertz CT molecular complexity index is 432. The lowest BCUT2D eigenvalue weighted by atomic mass is 9.65. The smallest absolute Gasteiger partial charge is 0.328 e. The second-order valence-corrected chi connectivity index (χ2v) is 6.99. The number of hydrazine groups is 1. The highest BCUT2D eigenvalue weighted by Crippen LogP contribution is 2.44. The first-order valence-corrected chi connectivity index (χ1v) is 8.92. The Morgan fingerprint density at radius 3 is 2.59 bits per heavy atom. The molecule has 3 unspecified atom stereocenters. The van der Waals surface area contributed by atoms with E-state index in [1.807, 2.05) is 6.92 Å². The van der Waals surface area contributed by atoms with Crippen molar-refractivity contribution < 1.29 is 14.3 Å². The van der Waals surface area contributed by atoms with Crippen LogP contribution >= 0.6 is 0 Å². The molecule has 0 aromatic carbocycles. The standard InChI is InChI=1S/C17H28N2O3/c1-2-22-16(21)17(12-8-5-3-4-6-9-12)13-10-7-11-14(20)15(13)18-19-17/h12-13,15,18-19H,2-11H2,1H3. The van der Waals surface area contributed by atoms with E-state index < -0.39 is 5.54 Å². The van der Waals surface area contributed by atoms with Crippen LogP contribution in [0.1, 0.15) is 64.7 Å². The Morgan fingerprint density at radius 1 is 1.18 bits per heavy atom. The van der Waals surface area contributed by atoms with Gasteiger partial charge in [0.05, 0.1) is 12.6 Å². The van der Waals surface area contributed by atoms with Gasteiger partial charge in [-0.25, -0.2) is 15.6 Å². The maximum absolute atomic E-state index is 12.9. The zero-order chi connectivity index (χ0) is 15.6. The molecule has 5 nitrogen and oxygen atoms in total. The number of Topliss-reactive ketones (excluding diaryl/α,β-unsaturated/α-hetero) is 1. The molecule has 3 fully saturated rings. The van der Waals surface area contributed by atoms with E-state index in [4.69, 9.17) is 4.74 Å². The van der Waals surface area contributed by atoms with Crippen LogP contribution in [0.4, 0.5) is 0 Å². The van der Waals surface area contributed by atoms with E-state index in [-0.39, 0.29) is 29.6 Å². The van der Waals surface area contributed by atoms with Crippen molar-refractivity contribution in [1.29, 1.82) is 0 Å². The van der Waals surface area contributed by atoms with Crippen LogP contribution in [0.25, 0.3) is 0 Å². The molecule has 22 heavy (non-hydrogen) atoms. The summed E-state index contributed by atoms with van der Waals surface area (Å²) in [6.07, 6.45) is 9.35. The molecule has 0 aromatic rings. The molecule has 1 saturated heterocycles. The lowest BCUT2D eigenvalue weighted by Gasteiger charge is -2.41. The van der Waals surface area contributed by atoms with Gasteiger partial charge in [0, 0.05) is 12.3 Å². The van der Waals surface area contributed by atoms with Gasteiger partial charge in [-0.05, 0) is 38.5 Å². The second-order valence-electron chi connectivity index (χ2n) is 6.99. The second kappa shape index (κ2) is 6.67. The topological polar surface area (TPSA) is 67.4 Å². The fourth-order valence-corrected chi connectivity index (χ4v) is 4.76. The number of hydrogen-bond donors (Lipinski definition) is 2. The molecular formula is C17H28N2O3. The summed E-state index contributed by atoms with van der Waals surface area (Å²) in [5, 5.41) is 0. The molecule has 1 aliphatic heterocycles. The lowest BCUT2D eigenvalue weighted by molar-refractivity contribution is -0.156. The van der Waals surface area contributed by atoms with Crippen molar-refractivity contribution in [3.63, 3.8) is 0 Å². The molecule has 2 N–H and O–H groups in total. The predicted octanol–water partition coefficient (Wildman–Crippen LogP) is 2.10. The summed E-state index contributed by atoms with van der Waals surface area (Å²) >= 11 is 0. The normalized spacial score (nSPS) is 36.7. The van der Waals surface area contributed by atoms with Crippen molar-refractivity contribution in [2.24, 2.45) is 11.8 Å². The van der Waals surface area contributed by atoms with Crippen LogP contribution in [-0.2, 0) is 14.3 Å². The van der Waals surface area contributed by atoms with Crippen LogP contribution in [0.2, 0.25) is 0 Å². The summed E-state index contributed by atoms with van der Waals surface area (Å²) in [4.78, 5) is 25.1. The molecule has 0 bridgehead atoms. The average Bonchev–Trinajstić information content (AvgIpc) is 2.71. The first-order chi connectivity index (χ1) is 10.7. The van der Waals surface area contributed by atoms with E-state index >= 15 is 0 Å². The van der Waals surface area contributed by atoms with Crippen LogP contribution in [0, 0.1) is 11.8 Å². The van der Waals surface area contributed by atoms with Crippen molar-refractivity contribution in [1.82, 2.24) is 10.9 Å². The van der Waals surface area contributed by atoms with Crippen LogP contribution in [0.5, 0.6) is 0 Å². The van der Waals surface area contributed by atoms with Gasteiger partial charge in [0.2, 0.25) is 0 Å². The Kier molecular flexibility index (Phi) is 4.83. The van der Waals surface area contributed by atoms with Gasteiger partial charge < -0.3 is 4.74 Å². The first-order valence-electron chi connectivity index (χ1n) is 8.92. The van der Waals surface area contributed by atoms with E-state index in [0.29, 0.717) is 13.0 Å². The zero-order valence-electron chi connectivity index (χ0n) is 13.5. The van der Waals surface area contributed by atoms with Gasteiger partial charge >= 0.3 is 5.97 Å². The summed E-state index contributed by atoms with van der Waals surface area (Å²) in [5.41, 5.74) is 5.73. The van der Waals surface area contributed by atoms with E-state index in [2.05, 4.69) is 10.9 Å². The number of ether oxygens (including phenoxy) is 1. The van der Waals surface area contributed by atoms with Crippen molar-refractivity contribution in [2.45, 2.75) is 76.3 Å². The van der Waals surface area contributed by atoms with Crippen molar-refractivity contribution in [3.8, 4) is 0 Å². The summed E-state index contributed by atoms with van der Waals surface area (Å²) < 4.78 is 5.45. The highest BCUT2D eigenvalue weighted by atomic mass is 16.5. The van der Waals surface area contributed by atoms with Crippen LogP contribution in [0.3, 0.4) is 0 Å². The SMILES string of the molecule is CCOC(=O)C1(C2CCCCCC2)NNC2C(=O)CCCC21. The minimum atomic E-state index is -0.707. The van der Waals surface area contributed by atoms with Gasteiger partial charge in [-0.15, -0.1) is 0 Å². The van der Waals surface area contributed by atoms with Gasteiger partial charge in [0.15, 0.2) is 5.78 Å². The molecule has 2 aliphatic carbocycles. The molecule has 0 aromatic heterocycles. The Hall–Kier alpha value is -0.940. The number of fused-ring (bicyclic) bond motifs is 1. The summed E-state index contributed by atoms with van der Waals surface area (Å²) in [7, 11) is 0. The highest BCUT2D eigenvalue weighted by Gasteiger charge is 2.60. The number of ketones is 1. The minimum absolute atomic E-state index is 0.0379. The monoisotopic (exact) mass is 308 g/mol. The average molecular weight is 308 g/mol. The maximum Gasteiger partial charge on any atom is 0.328 e. The van der Waals surface area contributed by atoms with Crippen LogP contribution in [0.15, 0.2) is 0 Å². The van der Waals surface area contributed by atoms with Crippen molar-refractivity contribution in [3.05, 3.63) is 0 Å². The minimum Gasteiger partial charge on any atom is -0.465 e. The molecule has 0 radical (unpaired) electrons. The Labute approximate surface area is 132 Å². The third-order valence-electron chi connectivity index (χ3n) is 5.82. The molecular weight excluding hydrogens is 280 g/mol. The highest BCUT2D eigenvalue weighted by molar-refractivity contribution is 5.90. The quantitative estimate of drug-likeness (QED) is 0.617. The first kappa shape index (κ1) is 15.9. The van der Waals surface area contributed by atoms with Gasteiger partial charge in [0.1, 0.15) is 5.54 Å². The number of esters is 1. The van der Waals surface area contributed by atoms with Gasteiger partial charge in [-0.1, -0.05) is 25.7 Å². The largest absolute Gasteiger partial charge is 0.465 e. The molecule has 3 rings (SSSR count). The summed E-state index contributed by atoms with van der Waals surface area (Å²) in [6.45, 7) is 2.24. The van der Waals surface area contributed by atoms with E-state index in [9.17, 15) is 9.59 Å². The Balaban J connectivity index is 1.92. The Morgan fingerprint density at radius 2 is 1.91 bits per heavy atom. The van der Waals surface area contributed by atoms with Crippen LogP contribution in [-0.4, -0.2) is 29.9 Å². The molecule has 3 aliphatic rings. The number of nitrogens with one attached hydrogen (secondary N) is 2. The molecule has 124 valence electrons. The zero-order valence-corrected chi connectivity index (χ0v) is 13.5. The maximum atomic E-state index is 12.9.